The van der Waals surface area contributed by atoms with E-state index in [2.05, 4.69) is 0 Å². The highest BCUT2D eigenvalue weighted by Crippen LogP contribution is 2.45. The SMILES string of the molecule is OC[C@H]1OC(O)[C@](O)(C2(O)OC[C@@H](O)[C@H](O)[C@H]2OC2(O)OC[C@@H](O)[C@H](O)[C@H]2O)[C@@H](O)[C@@H]1O. The van der Waals surface area contributed by atoms with Crippen LogP contribution in [0.25, 0.3) is 0 Å². The van der Waals surface area contributed by atoms with Crippen LogP contribution in [0.2, 0.25) is 0 Å². The first-order valence-electron chi connectivity index (χ1n) is 9.58. The molecule has 3 aliphatic rings. The fourth-order valence-corrected chi connectivity index (χ4v) is 3.92. The van der Waals surface area contributed by atoms with Gasteiger partial charge in [-0.05, 0) is 0 Å². The molecule has 32 heavy (non-hydrogen) atoms. The topological polar surface area (TPSA) is 280 Å². The van der Waals surface area contributed by atoms with Crippen LogP contribution in [-0.4, -0.2) is 160 Å². The molecule has 3 rings (SSSR count). The van der Waals surface area contributed by atoms with E-state index in [4.69, 9.17) is 18.9 Å². The summed E-state index contributed by atoms with van der Waals surface area (Å²) in [5.41, 5.74) is -3.45. The molecule has 0 saturated carbocycles. The van der Waals surface area contributed by atoms with Gasteiger partial charge in [0.25, 0.3) is 0 Å². The third-order valence-electron chi connectivity index (χ3n) is 6.00. The molecule has 3 unspecified atom stereocenters. The number of hydrogen-bond acceptors (Lipinski definition) is 16. The number of rotatable bonds is 4. The van der Waals surface area contributed by atoms with Crippen LogP contribution in [0.5, 0.6) is 0 Å². The van der Waals surface area contributed by atoms with Crippen LogP contribution >= 0.6 is 0 Å². The zero-order valence-electron chi connectivity index (χ0n) is 16.4. The van der Waals surface area contributed by atoms with E-state index in [0.29, 0.717) is 0 Å². The first kappa shape index (κ1) is 26.0. The summed E-state index contributed by atoms with van der Waals surface area (Å²) >= 11 is 0. The largest absolute Gasteiger partial charge is 0.394 e. The molecule has 188 valence electrons. The maximum Gasteiger partial charge on any atom is 0.311 e. The average molecular weight is 476 g/mol. The van der Waals surface area contributed by atoms with Crippen molar-refractivity contribution in [3.8, 4) is 0 Å². The second-order valence-electron chi connectivity index (χ2n) is 8.02. The van der Waals surface area contributed by atoms with Gasteiger partial charge in [0, 0.05) is 0 Å². The Morgan fingerprint density at radius 1 is 0.750 bits per heavy atom. The smallest absolute Gasteiger partial charge is 0.311 e. The van der Waals surface area contributed by atoms with Crippen molar-refractivity contribution in [1.82, 2.24) is 0 Å². The van der Waals surface area contributed by atoms with Gasteiger partial charge >= 0.3 is 5.97 Å². The predicted octanol–water partition coefficient (Wildman–Crippen LogP) is -8.27. The Bertz CT molecular complexity index is 668. The van der Waals surface area contributed by atoms with Crippen molar-refractivity contribution >= 4 is 0 Å². The average Bonchev–Trinajstić information content (AvgIpc) is 2.76. The van der Waals surface area contributed by atoms with Crippen LogP contribution in [-0.2, 0) is 18.9 Å². The molecule has 0 aromatic heterocycles. The summed E-state index contributed by atoms with van der Waals surface area (Å²) in [5, 5.41) is 123. The second kappa shape index (κ2) is 8.86. The Morgan fingerprint density at radius 2 is 1.31 bits per heavy atom. The zero-order valence-corrected chi connectivity index (χ0v) is 16.4. The fourth-order valence-electron chi connectivity index (χ4n) is 3.92. The van der Waals surface area contributed by atoms with Crippen molar-refractivity contribution in [2.45, 2.75) is 78.6 Å². The minimum absolute atomic E-state index is 0.811. The lowest BCUT2D eigenvalue weighted by Crippen LogP contribution is -2.83. The van der Waals surface area contributed by atoms with E-state index in [9.17, 15) is 61.3 Å². The molecular formula is C16H28O16. The molecule has 0 bridgehead atoms. The molecule has 3 aliphatic heterocycles. The van der Waals surface area contributed by atoms with Crippen molar-refractivity contribution in [3.63, 3.8) is 0 Å². The van der Waals surface area contributed by atoms with Gasteiger partial charge in [-0.15, -0.1) is 0 Å². The van der Waals surface area contributed by atoms with Gasteiger partial charge in [-0.3, -0.25) is 0 Å². The van der Waals surface area contributed by atoms with Crippen LogP contribution < -0.4 is 0 Å². The first-order valence-corrected chi connectivity index (χ1v) is 9.58. The standard InChI is InChI=1S/C16H28O16/c17-1-6-9(22)10(23)14(26,13(25)31-6)15(27)12(8(21)5(19)2-29-15)32-16(28)11(24)7(20)4(18)3-30-16/h4-13,17-28H,1-3H2/t4-,5-,6-,7+,8+,9-,10+,11-,12-,13?,14+,15?,16?/m1/s1. The molecule has 0 radical (unpaired) electrons. The van der Waals surface area contributed by atoms with Gasteiger partial charge in [0.05, 0.1) is 19.8 Å². The summed E-state index contributed by atoms with van der Waals surface area (Å²) in [4.78, 5) is 0. The first-order chi connectivity index (χ1) is 14.7. The maximum atomic E-state index is 11.2. The van der Waals surface area contributed by atoms with Crippen LogP contribution in [0, 0.1) is 0 Å². The summed E-state index contributed by atoms with van der Waals surface area (Å²) < 4.78 is 19.6. The lowest BCUT2D eigenvalue weighted by molar-refractivity contribution is -0.502. The summed E-state index contributed by atoms with van der Waals surface area (Å²) in [7, 11) is 0. The van der Waals surface area contributed by atoms with Gasteiger partial charge in [-0.2, -0.15) is 0 Å². The quantitative estimate of drug-likeness (QED) is 0.168. The van der Waals surface area contributed by atoms with Gasteiger partial charge in [-0.1, -0.05) is 0 Å². The molecule has 3 fully saturated rings. The number of aliphatic hydroxyl groups is 12. The lowest BCUT2D eigenvalue weighted by atomic mass is 9.74. The normalized spacial score (nSPS) is 57.4. The molecule has 0 aromatic carbocycles. The predicted molar refractivity (Wildman–Crippen MR) is 91.6 cm³/mol. The molecular weight excluding hydrogens is 448 g/mol. The molecule has 13 atom stereocenters. The summed E-state index contributed by atoms with van der Waals surface area (Å²) in [6, 6.07) is 0. The third kappa shape index (κ3) is 3.75. The van der Waals surface area contributed by atoms with Crippen LogP contribution in [0.15, 0.2) is 0 Å². The van der Waals surface area contributed by atoms with E-state index in [1.165, 1.54) is 0 Å². The van der Waals surface area contributed by atoms with E-state index in [-0.39, 0.29) is 0 Å². The van der Waals surface area contributed by atoms with Gasteiger partial charge in [0.2, 0.25) is 11.4 Å². The molecule has 3 saturated heterocycles. The van der Waals surface area contributed by atoms with Crippen LogP contribution in [0.4, 0.5) is 0 Å². The second-order valence-corrected chi connectivity index (χ2v) is 8.02. The van der Waals surface area contributed by atoms with Crippen molar-refractivity contribution < 1.29 is 80.2 Å². The van der Waals surface area contributed by atoms with E-state index < -0.39 is 98.4 Å². The van der Waals surface area contributed by atoms with Crippen molar-refractivity contribution in [2.24, 2.45) is 0 Å². The molecule has 16 nitrogen and oxygen atoms in total. The van der Waals surface area contributed by atoms with Gasteiger partial charge in [0.15, 0.2) is 12.4 Å². The highest BCUT2D eigenvalue weighted by molar-refractivity contribution is 5.14. The molecule has 0 spiro atoms. The number of hydrogen-bond donors (Lipinski definition) is 12. The Balaban J connectivity index is 2.01. The van der Waals surface area contributed by atoms with Crippen molar-refractivity contribution in [2.75, 3.05) is 19.8 Å². The highest BCUT2D eigenvalue weighted by atomic mass is 16.8. The fraction of sp³-hybridized carbons (Fsp3) is 1.00. The Kier molecular flexibility index (Phi) is 7.19. The minimum atomic E-state index is -3.48. The Labute approximate surface area is 179 Å². The molecule has 0 aliphatic carbocycles. The van der Waals surface area contributed by atoms with Gasteiger partial charge in [0.1, 0.15) is 48.8 Å². The lowest BCUT2D eigenvalue weighted by Gasteiger charge is -2.57. The Hall–Kier alpha value is -0.640. The number of ether oxygens (including phenoxy) is 4. The summed E-state index contributed by atoms with van der Waals surface area (Å²) in [5.74, 6) is -6.75. The summed E-state index contributed by atoms with van der Waals surface area (Å²) in [6.07, 6.45) is -21.7. The highest BCUT2D eigenvalue weighted by Gasteiger charge is 2.73. The van der Waals surface area contributed by atoms with E-state index >= 15 is 0 Å². The molecule has 0 aromatic rings. The molecule has 16 heteroatoms. The number of aliphatic hydroxyl groups excluding tert-OH is 9. The summed E-state index contributed by atoms with van der Waals surface area (Å²) in [6.45, 7) is -2.66. The molecule has 3 heterocycles. The van der Waals surface area contributed by atoms with E-state index in [1.54, 1.807) is 0 Å². The monoisotopic (exact) mass is 476 g/mol. The van der Waals surface area contributed by atoms with Crippen LogP contribution in [0.1, 0.15) is 0 Å². The Morgan fingerprint density at radius 3 is 1.91 bits per heavy atom. The zero-order chi connectivity index (χ0) is 24.2. The third-order valence-corrected chi connectivity index (χ3v) is 6.00. The van der Waals surface area contributed by atoms with Crippen LogP contribution in [0.3, 0.4) is 0 Å². The molecule has 0 amide bonds. The van der Waals surface area contributed by atoms with Gasteiger partial charge < -0.3 is 80.2 Å². The molecule has 12 N–H and O–H groups in total. The van der Waals surface area contributed by atoms with Gasteiger partial charge in [-0.25, -0.2) is 0 Å². The van der Waals surface area contributed by atoms with E-state index in [0.717, 1.165) is 0 Å². The minimum Gasteiger partial charge on any atom is -0.394 e. The maximum absolute atomic E-state index is 11.2. The van der Waals surface area contributed by atoms with E-state index in [1.807, 2.05) is 0 Å². The van der Waals surface area contributed by atoms with Crippen molar-refractivity contribution in [3.05, 3.63) is 0 Å². The van der Waals surface area contributed by atoms with Crippen molar-refractivity contribution in [1.29, 1.82) is 0 Å².